The van der Waals surface area contributed by atoms with Gasteiger partial charge in [0.15, 0.2) is 0 Å². The van der Waals surface area contributed by atoms with Crippen LogP contribution in [0.15, 0.2) is 15.2 Å². The monoisotopic (exact) mass is 332 g/mol. The summed E-state index contributed by atoms with van der Waals surface area (Å²) in [5.41, 5.74) is 2.74. The van der Waals surface area contributed by atoms with E-state index >= 15 is 0 Å². The highest BCUT2D eigenvalue weighted by atomic mass is 79.9. The van der Waals surface area contributed by atoms with E-state index in [1.807, 2.05) is 6.92 Å². The highest BCUT2D eigenvalue weighted by molar-refractivity contribution is 9.10. The van der Waals surface area contributed by atoms with Crippen molar-refractivity contribution >= 4 is 24.2 Å². The van der Waals surface area contributed by atoms with Crippen LogP contribution < -0.4 is 4.43 Å². The Labute approximate surface area is 120 Å². The molecule has 0 unspecified atom stereocenters. The number of furan rings is 1. The fourth-order valence-electron chi connectivity index (χ4n) is 2.99. The van der Waals surface area contributed by atoms with Gasteiger partial charge in [-0.1, -0.05) is 41.5 Å². The lowest BCUT2D eigenvalue weighted by molar-refractivity contribution is 0.356. The molecule has 18 heavy (non-hydrogen) atoms. The fraction of sp³-hybridized carbons (Fsp3) is 0.714. The van der Waals surface area contributed by atoms with E-state index in [0.29, 0.717) is 22.6 Å². The summed E-state index contributed by atoms with van der Waals surface area (Å²) in [6.45, 7) is 15.7. The molecule has 1 aromatic rings. The van der Waals surface area contributed by atoms with Gasteiger partial charge >= 0.3 is 0 Å². The van der Waals surface area contributed by atoms with Crippen LogP contribution in [0.5, 0.6) is 5.95 Å². The molecule has 4 heteroatoms. The molecule has 0 N–H and O–H groups in total. The molecule has 1 aromatic heterocycles. The van der Waals surface area contributed by atoms with Gasteiger partial charge in [-0.05, 0) is 39.5 Å². The highest BCUT2D eigenvalue weighted by Gasteiger charge is 2.48. The summed E-state index contributed by atoms with van der Waals surface area (Å²) in [4.78, 5) is 0. The van der Waals surface area contributed by atoms with Crippen LogP contribution in [-0.2, 0) is 0 Å². The van der Waals surface area contributed by atoms with Gasteiger partial charge < -0.3 is 8.84 Å². The zero-order valence-corrected chi connectivity index (χ0v) is 15.1. The first kappa shape index (κ1) is 15.8. The van der Waals surface area contributed by atoms with Crippen LogP contribution in [0.1, 0.15) is 47.1 Å². The smallest absolute Gasteiger partial charge is 0.285 e. The van der Waals surface area contributed by atoms with Crippen LogP contribution in [0.3, 0.4) is 0 Å². The predicted octanol–water partition coefficient (Wildman–Crippen LogP) is 5.90. The van der Waals surface area contributed by atoms with E-state index < -0.39 is 8.32 Å². The Bertz CT molecular complexity index is 375. The van der Waals surface area contributed by atoms with E-state index in [4.69, 9.17) is 8.84 Å². The predicted molar refractivity (Wildman–Crippen MR) is 82.8 cm³/mol. The third-order valence-electron chi connectivity index (χ3n) is 3.84. The van der Waals surface area contributed by atoms with E-state index in [-0.39, 0.29) is 0 Å². The molecule has 0 aliphatic carbocycles. The lowest BCUT2D eigenvalue weighted by Crippen LogP contribution is -2.50. The number of hydrogen-bond donors (Lipinski definition) is 0. The van der Waals surface area contributed by atoms with Crippen LogP contribution in [0.25, 0.3) is 0 Å². The minimum Gasteiger partial charge on any atom is -0.517 e. The molecule has 0 amide bonds. The van der Waals surface area contributed by atoms with Crippen molar-refractivity contribution in [1.82, 2.24) is 0 Å². The Morgan fingerprint density at radius 1 is 1.06 bits per heavy atom. The van der Waals surface area contributed by atoms with Gasteiger partial charge in [-0.3, -0.25) is 0 Å². The molecule has 0 saturated carbocycles. The number of aryl methyl sites for hydroxylation is 1. The first-order valence-corrected chi connectivity index (χ1v) is 9.59. The van der Waals surface area contributed by atoms with Gasteiger partial charge in [-0.15, -0.1) is 0 Å². The van der Waals surface area contributed by atoms with E-state index in [1.165, 1.54) is 0 Å². The normalized spacial score (nSPS) is 12.8. The fourth-order valence-corrected chi connectivity index (χ4v) is 8.58. The third kappa shape index (κ3) is 2.69. The van der Waals surface area contributed by atoms with Crippen molar-refractivity contribution in [1.29, 1.82) is 0 Å². The van der Waals surface area contributed by atoms with E-state index in [2.05, 4.69) is 57.5 Å². The summed E-state index contributed by atoms with van der Waals surface area (Å²) in [5, 5.41) is 0. The maximum Gasteiger partial charge on any atom is 0.285 e. The van der Waals surface area contributed by atoms with Gasteiger partial charge in [0.2, 0.25) is 0 Å². The second-order valence-corrected chi connectivity index (χ2v) is 12.1. The number of rotatable bonds is 5. The summed E-state index contributed by atoms with van der Waals surface area (Å²) in [6, 6.07) is 0. The molecule has 0 radical (unpaired) electrons. The van der Waals surface area contributed by atoms with Crippen LogP contribution >= 0.6 is 15.9 Å². The molecule has 0 aromatic carbocycles. The molecule has 0 atom stereocenters. The van der Waals surface area contributed by atoms with E-state index in [0.717, 1.165) is 10.0 Å². The largest absolute Gasteiger partial charge is 0.517 e. The van der Waals surface area contributed by atoms with Gasteiger partial charge in [-0.25, -0.2) is 0 Å². The quantitative estimate of drug-likeness (QED) is 0.626. The van der Waals surface area contributed by atoms with Gasteiger partial charge in [-0.2, -0.15) is 0 Å². The summed E-state index contributed by atoms with van der Waals surface area (Å²) < 4.78 is 13.0. The molecule has 0 aliphatic heterocycles. The first-order chi connectivity index (χ1) is 8.23. The Morgan fingerprint density at radius 2 is 1.50 bits per heavy atom. The lowest BCUT2D eigenvalue weighted by atomic mass is 10.4. The molecule has 0 saturated heterocycles. The van der Waals surface area contributed by atoms with Crippen molar-refractivity contribution in [3.8, 4) is 5.95 Å². The molecular formula is C14H25BrO2Si. The van der Waals surface area contributed by atoms with Gasteiger partial charge in [0, 0.05) is 5.56 Å². The summed E-state index contributed by atoms with van der Waals surface area (Å²) in [5.74, 6) is 0.662. The Hall–Kier alpha value is -0.223. The zero-order chi connectivity index (χ0) is 14.1. The van der Waals surface area contributed by atoms with Crippen molar-refractivity contribution in [3.63, 3.8) is 0 Å². The Morgan fingerprint density at radius 3 is 1.78 bits per heavy atom. The highest BCUT2D eigenvalue weighted by Crippen LogP contribution is 2.44. The van der Waals surface area contributed by atoms with Crippen molar-refractivity contribution in [2.24, 2.45) is 0 Å². The van der Waals surface area contributed by atoms with Crippen LogP contribution in [0.4, 0.5) is 0 Å². The molecule has 0 spiro atoms. The van der Waals surface area contributed by atoms with Crippen molar-refractivity contribution in [2.45, 2.75) is 65.1 Å². The second-order valence-electron chi connectivity index (χ2n) is 5.94. The number of hydrogen-bond acceptors (Lipinski definition) is 2. The third-order valence-corrected chi connectivity index (χ3v) is 10.7. The second kappa shape index (κ2) is 5.82. The first-order valence-electron chi connectivity index (χ1n) is 6.66. The molecule has 0 aliphatic rings. The van der Waals surface area contributed by atoms with Gasteiger partial charge in [0.25, 0.3) is 14.3 Å². The minimum atomic E-state index is -1.91. The topological polar surface area (TPSA) is 22.4 Å². The molecule has 1 rings (SSSR count). The van der Waals surface area contributed by atoms with Crippen molar-refractivity contribution in [2.75, 3.05) is 0 Å². The average molecular weight is 333 g/mol. The molecule has 1 heterocycles. The summed E-state index contributed by atoms with van der Waals surface area (Å²) in [6.07, 6.45) is 1.75. The van der Waals surface area contributed by atoms with Crippen molar-refractivity contribution in [3.05, 3.63) is 16.3 Å². The molecule has 104 valence electrons. The van der Waals surface area contributed by atoms with Crippen LogP contribution in [-0.4, -0.2) is 8.32 Å². The Balaban J connectivity index is 3.17. The standard InChI is InChI=1S/C14H25BrO2Si/c1-9(2)18(10(3)4,11(5)6)17-14-13(15)12(7)8-16-14/h8-11H,1-7H3. The Kier molecular flexibility index (Phi) is 5.12. The summed E-state index contributed by atoms with van der Waals surface area (Å²) >= 11 is 3.55. The molecule has 0 bridgehead atoms. The van der Waals surface area contributed by atoms with Crippen LogP contribution in [0.2, 0.25) is 16.6 Å². The summed E-state index contributed by atoms with van der Waals surface area (Å²) in [7, 11) is -1.91. The van der Waals surface area contributed by atoms with Crippen molar-refractivity contribution < 1.29 is 8.84 Å². The maximum absolute atomic E-state index is 6.46. The molecule has 2 nitrogen and oxygen atoms in total. The van der Waals surface area contributed by atoms with E-state index in [1.54, 1.807) is 6.26 Å². The average Bonchev–Trinajstić information content (AvgIpc) is 2.55. The zero-order valence-electron chi connectivity index (χ0n) is 12.5. The molecule has 0 fully saturated rings. The maximum atomic E-state index is 6.46. The number of halogens is 1. The molecular weight excluding hydrogens is 308 g/mol. The van der Waals surface area contributed by atoms with Crippen LogP contribution in [0, 0.1) is 6.92 Å². The lowest BCUT2D eigenvalue weighted by Gasteiger charge is -2.41. The van der Waals surface area contributed by atoms with Gasteiger partial charge in [0.1, 0.15) is 4.47 Å². The minimum absolute atomic E-state index is 0.551. The van der Waals surface area contributed by atoms with E-state index in [9.17, 15) is 0 Å². The van der Waals surface area contributed by atoms with Gasteiger partial charge in [0.05, 0.1) is 6.26 Å². The SMILES string of the molecule is Cc1coc(O[Si](C(C)C)(C(C)C)C(C)C)c1Br.